The highest BCUT2D eigenvalue weighted by molar-refractivity contribution is 5.95. The number of rotatable bonds is 1. The van der Waals surface area contributed by atoms with E-state index in [0.717, 1.165) is 0 Å². The molecule has 66 valence electrons. The van der Waals surface area contributed by atoms with Crippen LogP contribution in [0, 0.1) is 24.1 Å². The van der Waals surface area contributed by atoms with Crippen molar-refractivity contribution in [1.82, 2.24) is 0 Å². The molecule has 0 heterocycles. The molecule has 2 nitrogen and oxygen atoms in total. The first-order chi connectivity index (χ1) is 6.07. The van der Waals surface area contributed by atoms with Crippen molar-refractivity contribution >= 4 is 5.78 Å². The van der Waals surface area contributed by atoms with E-state index in [9.17, 15) is 9.18 Å². The summed E-state index contributed by atoms with van der Waals surface area (Å²) in [7, 11) is 0. The van der Waals surface area contributed by atoms with Crippen LogP contribution in [0.1, 0.15) is 28.4 Å². The van der Waals surface area contributed by atoms with Gasteiger partial charge in [-0.05, 0) is 31.5 Å². The van der Waals surface area contributed by atoms with Crippen molar-refractivity contribution in [3.8, 4) is 6.07 Å². The third-order valence-electron chi connectivity index (χ3n) is 1.89. The first kappa shape index (κ1) is 9.40. The number of carbonyl (C=O) groups is 1. The Morgan fingerprint density at radius 1 is 1.54 bits per heavy atom. The zero-order valence-corrected chi connectivity index (χ0v) is 7.39. The minimum absolute atomic E-state index is 0.0255. The number of carbonyl (C=O) groups excluding carboxylic acids is 1. The van der Waals surface area contributed by atoms with Crippen LogP contribution in [0.25, 0.3) is 0 Å². The van der Waals surface area contributed by atoms with Crippen molar-refractivity contribution in [2.45, 2.75) is 13.8 Å². The van der Waals surface area contributed by atoms with Crippen LogP contribution in [0.15, 0.2) is 12.1 Å². The number of benzene rings is 1. The summed E-state index contributed by atoms with van der Waals surface area (Å²) in [6.07, 6.45) is 0. The Labute approximate surface area is 75.6 Å². The summed E-state index contributed by atoms with van der Waals surface area (Å²) in [6, 6.07) is 4.51. The van der Waals surface area contributed by atoms with E-state index in [2.05, 4.69) is 0 Å². The van der Waals surface area contributed by atoms with Crippen molar-refractivity contribution in [2.24, 2.45) is 0 Å². The predicted octanol–water partition coefficient (Wildman–Crippen LogP) is 2.21. The van der Waals surface area contributed by atoms with Gasteiger partial charge in [0.25, 0.3) is 0 Å². The molecule has 1 aromatic rings. The molecule has 13 heavy (non-hydrogen) atoms. The van der Waals surface area contributed by atoms with Crippen LogP contribution in [-0.4, -0.2) is 5.78 Å². The van der Waals surface area contributed by atoms with Crippen LogP contribution in [-0.2, 0) is 0 Å². The third kappa shape index (κ3) is 1.57. The van der Waals surface area contributed by atoms with Crippen LogP contribution in [0.3, 0.4) is 0 Å². The Kier molecular flexibility index (Phi) is 2.43. The monoisotopic (exact) mass is 177 g/mol. The summed E-state index contributed by atoms with van der Waals surface area (Å²) in [5, 5.41) is 8.50. The Morgan fingerprint density at radius 3 is 2.62 bits per heavy atom. The standard InChI is InChI=1S/C10H8FNO/c1-6-9(7(2)13)4-3-8(5-12)10(6)11/h3-4H,1-2H3. The lowest BCUT2D eigenvalue weighted by Crippen LogP contribution is -2.00. The highest BCUT2D eigenvalue weighted by Crippen LogP contribution is 2.16. The minimum Gasteiger partial charge on any atom is -0.294 e. The highest BCUT2D eigenvalue weighted by Gasteiger charge is 2.11. The van der Waals surface area contributed by atoms with Gasteiger partial charge in [-0.1, -0.05) is 0 Å². The normalized spacial score (nSPS) is 9.38. The lowest BCUT2D eigenvalue weighted by molar-refractivity contribution is 0.101. The maximum absolute atomic E-state index is 13.2. The number of ketones is 1. The Balaban J connectivity index is 3.42. The second-order valence-electron chi connectivity index (χ2n) is 2.77. The lowest BCUT2D eigenvalue weighted by Gasteiger charge is -2.03. The lowest BCUT2D eigenvalue weighted by atomic mass is 10.0. The summed E-state index contributed by atoms with van der Waals surface area (Å²) in [6.45, 7) is 2.86. The Bertz CT molecular complexity index is 404. The molecule has 0 aliphatic rings. The number of halogens is 1. The number of Topliss-reactive ketones (excluding diaryl/α,β-unsaturated/α-hetero) is 1. The quantitative estimate of drug-likeness (QED) is 0.617. The molecule has 0 bridgehead atoms. The highest BCUT2D eigenvalue weighted by atomic mass is 19.1. The molecule has 0 saturated carbocycles. The second kappa shape index (κ2) is 3.36. The molecule has 1 rings (SSSR count). The molecule has 1 aromatic carbocycles. The van der Waals surface area contributed by atoms with Crippen LogP contribution in [0.5, 0.6) is 0 Å². The van der Waals surface area contributed by atoms with Gasteiger partial charge in [-0.25, -0.2) is 4.39 Å². The molecule has 0 aromatic heterocycles. The van der Waals surface area contributed by atoms with E-state index < -0.39 is 5.82 Å². The third-order valence-corrected chi connectivity index (χ3v) is 1.89. The topological polar surface area (TPSA) is 40.9 Å². The first-order valence-electron chi connectivity index (χ1n) is 3.78. The molecular formula is C10H8FNO. The number of nitriles is 1. The second-order valence-corrected chi connectivity index (χ2v) is 2.77. The fraction of sp³-hybridized carbons (Fsp3) is 0.200. The van der Waals surface area contributed by atoms with E-state index in [-0.39, 0.29) is 16.9 Å². The summed E-state index contributed by atoms with van der Waals surface area (Å²) in [4.78, 5) is 11.0. The van der Waals surface area contributed by atoms with Gasteiger partial charge in [0.2, 0.25) is 0 Å². The van der Waals surface area contributed by atoms with Crippen molar-refractivity contribution < 1.29 is 9.18 Å². The summed E-state index contributed by atoms with van der Waals surface area (Å²) in [5.41, 5.74) is 0.547. The van der Waals surface area contributed by atoms with Gasteiger partial charge in [0.1, 0.15) is 11.9 Å². The van der Waals surface area contributed by atoms with E-state index in [0.29, 0.717) is 5.56 Å². The van der Waals surface area contributed by atoms with Crippen LogP contribution < -0.4 is 0 Å². The maximum Gasteiger partial charge on any atom is 0.160 e. The van der Waals surface area contributed by atoms with Gasteiger partial charge in [-0.3, -0.25) is 4.79 Å². The van der Waals surface area contributed by atoms with Gasteiger partial charge in [0.15, 0.2) is 5.78 Å². The van der Waals surface area contributed by atoms with E-state index in [1.165, 1.54) is 26.0 Å². The average molecular weight is 177 g/mol. The summed E-state index contributed by atoms with van der Waals surface area (Å²) in [5.74, 6) is -0.795. The fourth-order valence-electron chi connectivity index (χ4n) is 1.15. The van der Waals surface area contributed by atoms with Crippen LogP contribution in [0.4, 0.5) is 4.39 Å². The molecule has 0 spiro atoms. The largest absolute Gasteiger partial charge is 0.294 e. The molecule has 0 aliphatic heterocycles. The fourth-order valence-corrected chi connectivity index (χ4v) is 1.15. The zero-order valence-electron chi connectivity index (χ0n) is 7.39. The van der Waals surface area contributed by atoms with E-state index >= 15 is 0 Å². The molecule has 0 saturated heterocycles. The molecule has 0 aliphatic carbocycles. The van der Waals surface area contributed by atoms with Crippen LogP contribution in [0.2, 0.25) is 0 Å². The van der Waals surface area contributed by atoms with E-state index in [4.69, 9.17) is 5.26 Å². The predicted molar refractivity (Wildman–Crippen MR) is 45.9 cm³/mol. The summed E-state index contributed by atoms with van der Waals surface area (Å²) < 4.78 is 13.2. The van der Waals surface area contributed by atoms with Gasteiger partial charge in [-0.2, -0.15) is 5.26 Å². The van der Waals surface area contributed by atoms with E-state index in [1.807, 2.05) is 0 Å². The van der Waals surface area contributed by atoms with Gasteiger partial charge in [-0.15, -0.1) is 0 Å². The SMILES string of the molecule is CC(=O)c1ccc(C#N)c(F)c1C. The van der Waals surface area contributed by atoms with Crippen molar-refractivity contribution in [2.75, 3.05) is 0 Å². The maximum atomic E-state index is 13.2. The van der Waals surface area contributed by atoms with Gasteiger partial charge >= 0.3 is 0 Å². The molecule has 3 heteroatoms. The molecule has 0 radical (unpaired) electrons. The minimum atomic E-state index is -0.602. The van der Waals surface area contributed by atoms with Crippen molar-refractivity contribution in [3.05, 3.63) is 34.6 Å². The molecular weight excluding hydrogens is 169 g/mol. The van der Waals surface area contributed by atoms with Gasteiger partial charge in [0.05, 0.1) is 5.56 Å². The number of hydrogen-bond acceptors (Lipinski definition) is 2. The number of hydrogen-bond donors (Lipinski definition) is 0. The van der Waals surface area contributed by atoms with Crippen molar-refractivity contribution in [3.63, 3.8) is 0 Å². The first-order valence-corrected chi connectivity index (χ1v) is 3.78. The summed E-state index contributed by atoms with van der Waals surface area (Å²) >= 11 is 0. The molecule has 0 unspecified atom stereocenters. The number of nitrogens with zero attached hydrogens (tertiary/aromatic N) is 1. The van der Waals surface area contributed by atoms with Crippen molar-refractivity contribution in [1.29, 1.82) is 5.26 Å². The van der Waals surface area contributed by atoms with Gasteiger partial charge < -0.3 is 0 Å². The Morgan fingerprint density at radius 2 is 2.15 bits per heavy atom. The Hall–Kier alpha value is -1.69. The smallest absolute Gasteiger partial charge is 0.160 e. The molecule has 0 N–H and O–H groups in total. The van der Waals surface area contributed by atoms with Gasteiger partial charge in [0, 0.05) is 5.56 Å². The van der Waals surface area contributed by atoms with Crippen LogP contribution >= 0.6 is 0 Å². The molecule has 0 amide bonds. The zero-order chi connectivity index (χ0) is 10.0. The molecule has 0 atom stereocenters. The average Bonchev–Trinajstić information content (AvgIpc) is 2.09. The van der Waals surface area contributed by atoms with E-state index in [1.54, 1.807) is 6.07 Å². The molecule has 0 fully saturated rings.